The molecule has 0 aliphatic rings. The van der Waals surface area contributed by atoms with E-state index in [-0.39, 0.29) is 5.56 Å². The summed E-state index contributed by atoms with van der Waals surface area (Å²) in [5.41, 5.74) is 1.49. The smallest absolute Gasteiger partial charge is 0.336 e. The van der Waals surface area contributed by atoms with Crippen LogP contribution in [0.5, 0.6) is 0 Å². The fourth-order valence-corrected chi connectivity index (χ4v) is 2.62. The van der Waals surface area contributed by atoms with Gasteiger partial charge in [-0.1, -0.05) is 91.1 Å². The average molecular weight is 330 g/mol. The van der Waals surface area contributed by atoms with Crippen LogP contribution in [0.3, 0.4) is 0 Å². The number of allylic oxidation sites excluding steroid dienone is 6. The van der Waals surface area contributed by atoms with Gasteiger partial charge >= 0.3 is 5.97 Å². The summed E-state index contributed by atoms with van der Waals surface area (Å²) in [7, 11) is 0. The van der Waals surface area contributed by atoms with Crippen LogP contribution >= 0.6 is 0 Å². The summed E-state index contributed by atoms with van der Waals surface area (Å²) in [6, 6.07) is 17.0. The molecule has 0 spiro atoms. The zero-order valence-electron chi connectivity index (χ0n) is 14.3. The van der Waals surface area contributed by atoms with Gasteiger partial charge in [0.2, 0.25) is 0 Å². The minimum absolute atomic E-state index is 0.280. The minimum atomic E-state index is -0.936. The van der Waals surface area contributed by atoms with Gasteiger partial charge in [-0.3, -0.25) is 0 Å². The van der Waals surface area contributed by atoms with Gasteiger partial charge in [0.1, 0.15) is 0 Å². The number of carbonyl (C=O) groups is 1. The number of aromatic carboxylic acids is 1. The van der Waals surface area contributed by atoms with Crippen molar-refractivity contribution >= 4 is 12.0 Å². The zero-order chi connectivity index (χ0) is 18.1. The number of benzene rings is 2. The molecule has 0 aliphatic carbocycles. The summed E-state index contributed by atoms with van der Waals surface area (Å²) in [4.78, 5) is 11.4. The van der Waals surface area contributed by atoms with Crippen LogP contribution < -0.4 is 0 Å². The van der Waals surface area contributed by atoms with Gasteiger partial charge in [-0.05, 0) is 24.1 Å². The Kier molecular flexibility index (Phi) is 6.30. The SMILES string of the molecule is C=CC(C=CC=CC)(C=Cc1ccccc1C(=O)O)c1ccccc1. The van der Waals surface area contributed by atoms with Gasteiger partial charge in [-0.25, -0.2) is 4.79 Å². The van der Waals surface area contributed by atoms with E-state index in [1.165, 1.54) is 0 Å². The standard InChI is InChI=1S/C23H22O2/c1-3-5-11-17-23(4-2,20-13-7-6-8-14-20)18-16-19-12-9-10-15-21(19)22(24)25/h3-18H,2H2,1H3,(H,24,25). The van der Waals surface area contributed by atoms with Crippen LogP contribution in [0.4, 0.5) is 0 Å². The van der Waals surface area contributed by atoms with E-state index in [1.54, 1.807) is 18.2 Å². The molecular weight excluding hydrogens is 308 g/mol. The molecule has 0 saturated carbocycles. The van der Waals surface area contributed by atoms with Crippen LogP contribution in [0.25, 0.3) is 6.08 Å². The predicted octanol–water partition coefficient (Wildman–Crippen LogP) is 5.65. The monoisotopic (exact) mass is 330 g/mol. The molecular formula is C23H22O2. The zero-order valence-corrected chi connectivity index (χ0v) is 14.3. The molecule has 25 heavy (non-hydrogen) atoms. The Morgan fingerprint density at radius 3 is 2.32 bits per heavy atom. The van der Waals surface area contributed by atoms with Crippen LogP contribution in [0.1, 0.15) is 28.4 Å². The second-order valence-corrected chi connectivity index (χ2v) is 5.61. The number of hydrogen-bond donors (Lipinski definition) is 1. The van der Waals surface area contributed by atoms with Crippen LogP contribution in [0.2, 0.25) is 0 Å². The Labute approximate surface area is 149 Å². The number of hydrogen-bond acceptors (Lipinski definition) is 1. The van der Waals surface area contributed by atoms with Gasteiger partial charge in [0.25, 0.3) is 0 Å². The molecule has 2 heteroatoms. The Morgan fingerprint density at radius 1 is 1.00 bits per heavy atom. The normalized spacial score (nSPS) is 14.1. The van der Waals surface area contributed by atoms with E-state index in [0.717, 1.165) is 5.56 Å². The lowest BCUT2D eigenvalue weighted by Gasteiger charge is -2.24. The first-order valence-corrected chi connectivity index (χ1v) is 8.14. The van der Waals surface area contributed by atoms with Crippen LogP contribution in [-0.4, -0.2) is 11.1 Å². The van der Waals surface area contributed by atoms with E-state index in [2.05, 4.69) is 12.7 Å². The third-order valence-electron chi connectivity index (χ3n) is 4.02. The van der Waals surface area contributed by atoms with Crippen LogP contribution in [0, 0.1) is 0 Å². The first-order valence-electron chi connectivity index (χ1n) is 8.14. The predicted molar refractivity (Wildman–Crippen MR) is 105 cm³/mol. The van der Waals surface area contributed by atoms with Gasteiger partial charge in [0.05, 0.1) is 5.56 Å². The molecule has 2 nitrogen and oxygen atoms in total. The van der Waals surface area contributed by atoms with E-state index >= 15 is 0 Å². The molecule has 1 atom stereocenters. The Bertz CT molecular complexity index is 813. The van der Waals surface area contributed by atoms with E-state index in [9.17, 15) is 9.90 Å². The fraction of sp³-hybridized carbons (Fsp3) is 0.0870. The van der Waals surface area contributed by atoms with Crippen molar-refractivity contribution in [1.29, 1.82) is 0 Å². The van der Waals surface area contributed by atoms with E-state index < -0.39 is 11.4 Å². The maximum atomic E-state index is 11.4. The third kappa shape index (κ3) is 4.45. The lowest BCUT2D eigenvalue weighted by Crippen LogP contribution is -2.17. The summed E-state index contributed by atoms with van der Waals surface area (Å²) in [5, 5.41) is 9.37. The van der Waals surface area contributed by atoms with Crippen molar-refractivity contribution in [3.8, 4) is 0 Å². The molecule has 0 radical (unpaired) electrons. The molecule has 0 aromatic heterocycles. The molecule has 0 bridgehead atoms. The average Bonchev–Trinajstić information content (AvgIpc) is 2.65. The van der Waals surface area contributed by atoms with Gasteiger partial charge in [0.15, 0.2) is 0 Å². The number of carboxylic acid groups (broad SMARTS) is 1. The summed E-state index contributed by atoms with van der Waals surface area (Å²) in [6.45, 7) is 5.97. The van der Waals surface area contributed by atoms with E-state index in [0.29, 0.717) is 5.56 Å². The Hall–Kier alpha value is -3.13. The molecule has 2 aromatic carbocycles. The lowest BCUT2D eigenvalue weighted by molar-refractivity contribution is 0.0696. The highest BCUT2D eigenvalue weighted by Crippen LogP contribution is 2.30. The van der Waals surface area contributed by atoms with E-state index in [1.807, 2.05) is 79.8 Å². The maximum absolute atomic E-state index is 11.4. The van der Waals surface area contributed by atoms with Crippen LogP contribution in [-0.2, 0) is 5.41 Å². The maximum Gasteiger partial charge on any atom is 0.336 e. The minimum Gasteiger partial charge on any atom is -0.478 e. The largest absolute Gasteiger partial charge is 0.478 e. The number of carboxylic acids is 1. The highest BCUT2D eigenvalue weighted by Gasteiger charge is 2.22. The highest BCUT2D eigenvalue weighted by molar-refractivity contribution is 5.92. The van der Waals surface area contributed by atoms with Crippen molar-refractivity contribution in [3.63, 3.8) is 0 Å². The first kappa shape index (κ1) is 18.2. The van der Waals surface area contributed by atoms with Crippen molar-refractivity contribution in [2.24, 2.45) is 0 Å². The lowest BCUT2D eigenvalue weighted by atomic mass is 9.79. The molecule has 2 rings (SSSR count). The summed E-state index contributed by atoms with van der Waals surface area (Å²) >= 11 is 0. The van der Waals surface area contributed by atoms with Gasteiger partial charge in [-0.15, -0.1) is 6.58 Å². The van der Waals surface area contributed by atoms with Crippen molar-refractivity contribution in [2.45, 2.75) is 12.3 Å². The van der Waals surface area contributed by atoms with Gasteiger partial charge in [0, 0.05) is 5.41 Å². The second kappa shape index (κ2) is 8.65. The Morgan fingerprint density at radius 2 is 1.68 bits per heavy atom. The first-order chi connectivity index (χ1) is 12.1. The molecule has 126 valence electrons. The number of rotatable bonds is 7. The van der Waals surface area contributed by atoms with Crippen molar-refractivity contribution in [3.05, 3.63) is 114 Å². The molecule has 0 amide bonds. The molecule has 0 aliphatic heterocycles. The molecule has 0 heterocycles. The van der Waals surface area contributed by atoms with Crippen molar-refractivity contribution in [2.75, 3.05) is 0 Å². The van der Waals surface area contributed by atoms with Crippen molar-refractivity contribution in [1.82, 2.24) is 0 Å². The topological polar surface area (TPSA) is 37.3 Å². The van der Waals surface area contributed by atoms with Gasteiger partial charge in [-0.2, -0.15) is 0 Å². The van der Waals surface area contributed by atoms with Crippen LogP contribution in [0.15, 0.2) is 97.6 Å². The molecule has 2 aromatic rings. The molecule has 1 N–H and O–H groups in total. The van der Waals surface area contributed by atoms with Gasteiger partial charge < -0.3 is 5.11 Å². The Balaban J connectivity index is 2.53. The third-order valence-corrected chi connectivity index (χ3v) is 4.02. The van der Waals surface area contributed by atoms with Crippen molar-refractivity contribution < 1.29 is 9.90 Å². The fourth-order valence-electron chi connectivity index (χ4n) is 2.62. The summed E-state index contributed by atoms with van der Waals surface area (Å²) in [5.74, 6) is -0.936. The van der Waals surface area contributed by atoms with E-state index in [4.69, 9.17) is 0 Å². The molecule has 1 unspecified atom stereocenters. The second-order valence-electron chi connectivity index (χ2n) is 5.61. The summed E-state index contributed by atoms with van der Waals surface area (Å²) in [6.07, 6.45) is 13.6. The highest BCUT2D eigenvalue weighted by atomic mass is 16.4. The quantitative estimate of drug-likeness (QED) is 0.526. The molecule has 0 fully saturated rings. The molecule has 0 saturated heterocycles. The summed E-state index contributed by atoms with van der Waals surface area (Å²) < 4.78 is 0.